The molecule has 0 bridgehead atoms. The van der Waals surface area contributed by atoms with Gasteiger partial charge in [-0.15, -0.1) is 0 Å². The topological polar surface area (TPSA) is 20.2 Å². The quantitative estimate of drug-likeness (QED) is 0.872. The molecular formula is C17H15F3O. The number of halogens is 3. The van der Waals surface area contributed by atoms with Gasteiger partial charge in [-0.1, -0.05) is 36.4 Å². The molecule has 1 nitrogen and oxygen atoms in total. The van der Waals surface area contributed by atoms with Gasteiger partial charge in [-0.2, -0.15) is 13.2 Å². The summed E-state index contributed by atoms with van der Waals surface area (Å²) >= 11 is 0. The molecule has 0 spiro atoms. The summed E-state index contributed by atoms with van der Waals surface area (Å²) in [6, 6.07) is 12.3. The van der Waals surface area contributed by atoms with Crippen LogP contribution in [0.25, 0.3) is 0 Å². The lowest BCUT2D eigenvalue weighted by molar-refractivity contribution is -0.137. The normalized spacial score (nSPS) is 16.8. The van der Waals surface area contributed by atoms with E-state index in [1.54, 1.807) is 0 Å². The molecule has 0 aliphatic heterocycles. The van der Waals surface area contributed by atoms with Crippen molar-refractivity contribution >= 4 is 0 Å². The third kappa shape index (κ3) is 2.95. The van der Waals surface area contributed by atoms with E-state index in [1.165, 1.54) is 12.1 Å². The summed E-state index contributed by atoms with van der Waals surface area (Å²) in [7, 11) is 0. The molecule has 0 saturated heterocycles. The summed E-state index contributed by atoms with van der Waals surface area (Å²) in [5, 5.41) is 10.5. The van der Waals surface area contributed by atoms with Gasteiger partial charge in [0.25, 0.3) is 0 Å². The smallest absolute Gasteiger partial charge is 0.384 e. The summed E-state index contributed by atoms with van der Waals surface area (Å²) in [6.45, 7) is 0. The maximum Gasteiger partial charge on any atom is 0.416 e. The van der Waals surface area contributed by atoms with Crippen LogP contribution in [0.4, 0.5) is 13.2 Å². The van der Waals surface area contributed by atoms with Crippen molar-refractivity contribution in [3.63, 3.8) is 0 Å². The van der Waals surface area contributed by atoms with Crippen LogP contribution < -0.4 is 0 Å². The molecule has 1 aliphatic rings. The van der Waals surface area contributed by atoms with Gasteiger partial charge in [-0.05, 0) is 47.6 Å². The fourth-order valence-corrected chi connectivity index (χ4v) is 2.56. The van der Waals surface area contributed by atoms with Gasteiger partial charge in [0.15, 0.2) is 0 Å². The zero-order valence-corrected chi connectivity index (χ0v) is 11.3. The van der Waals surface area contributed by atoms with Crippen molar-refractivity contribution in [3.05, 3.63) is 70.8 Å². The lowest BCUT2D eigenvalue weighted by Crippen LogP contribution is -2.07. The molecule has 1 fully saturated rings. The molecule has 0 radical (unpaired) electrons. The first kappa shape index (κ1) is 14.1. The van der Waals surface area contributed by atoms with Gasteiger partial charge in [0.05, 0.1) is 5.56 Å². The first-order chi connectivity index (χ1) is 9.97. The van der Waals surface area contributed by atoms with Crippen LogP contribution in [0.1, 0.15) is 47.1 Å². The van der Waals surface area contributed by atoms with Crippen LogP contribution in [0.2, 0.25) is 0 Å². The fourth-order valence-electron chi connectivity index (χ4n) is 2.56. The standard InChI is InChI=1S/C17H15F3O/c18-17(19,20)13-9-7-12(8-10-13)16(21)15-4-2-1-3-14(15)11-5-6-11/h1-4,7-11,16,21H,5-6H2. The number of hydrogen-bond acceptors (Lipinski definition) is 1. The van der Waals surface area contributed by atoms with Gasteiger partial charge < -0.3 is 5.11 Å². The molecule has 3 rings (SSSR count). The SMILES string of the molecule is OC(c1ccc(C(F)(F)F)cc1)c1ccccc1C1CC1. The Balaban J connectivity index is 1.90. The van der Waals surface area contributed by atoms with Gasteiger partial charge in [-0.25, -0.2) is 0 Å². The number of hydrogen-bond donors (Lipinski definition) is 1. The zero-order chi connectivity index (χ0) is 15.0. The summed E-state index contributed by atoms with van der Waals surface area (Å²) in [5.74, 6) is 0.477. The second-order valence-corrected chi connectivity index (χ2v) is 5.43. The van der Waals surface area contributed by atoms with E-state index in [1.807, 2.05) is 24.3 Å². The molecule has 0 heterocycles. The Kier molecular flexibility index (Phi) is 3.49. The second kappa shape index (κ2) is 5.19. The Bertz CT molecular complexity index is 627. The van der Waals surface area contributed by atoms with Crippen molar-refractivity contribution < 1.29 is 18.3 Å². The molecule has 110 valence electrons. The number of alkyl halides is 3. The highest BCUT2D eigenvalue weighted by Gasteiger charge is 2.31. The maximum atomic E-state index is 12.6. The van der Waals surface area contributed by atoms with Gasteiger partial charge in [0.2, 0.25) is 0 Å². The third-order valence-electron chi connectivity index (χ3n) is 3.86. The van der Waals surface area contributed by atoms with Gasteiger partial charge in [0.1, 0.15) is 6.10 Å². The molecular weight excluding hydrogens is 277 g/mol. The molecule has 2 aromatic carbocycles. The van der Waals surface area contributed by atoms with Crippen LogP contribution in [0, 0.1) is 0 Å². The summed E-state index contributed by atoms with van der Waals surface area (Å²) < 4.78 is 37.7. The number of benzene rings is 2. The van der Waals surface area contributed by atoms with Crippen LogP contribution >= 0.6 is 0 Å². The number of aliphatic hydroxyl groups is 1. The Morgan fingerprint density at radius 1 is 0.952 bits per heavy atom. The van der Waals surface area contributed by atoms with Crippen LogP contribution in [0.5, 0.6) is 0 Å². The van der Waals surface area contributed by atoms with Crippen molar-refractivity contribution in [1.82, 2.24) is 0 Å². The number of rotatable bonds is 3. The highest BCUT2D eigenvalue weighted by molar-refractivity contribution is 5.40. The molecule has 2 aromatic rings. The minimum Gasteiger partial charge on any atom is -0.384 e. The van der Waals surface area contributed by atoms with E-state index in [-0.39, 0.29) is 0 Å². The van der Waals surface area contributed by atoms with Crippen LogP contribution in [0.3, 0.4) is 0 Å². The third-order valence-corrected chi connectivity index (χ3v) is 3.86. The van der Waals surface area contributed by atoms with Crippen LogP contribution in [-0.2, 0) is 6.18 Å². The van der Waals surface area contributed by atoms with E-state index in [0.29, 0.717) is 11.5 Å². The van der Waals surface area contributed by atoms with Crippen LogP contribution in [-0.4, -0.2) is 5.11 Å². The lowest BCUT2D eigenvalue weighted by atomic mass is 9.94. The molecule has 21 heavy (non-hydrogen) atoms. The Labute approximate surface area is 121 Å². The van der Waals surface area contributed by atoms with E-state index in [2.05, 4.69) is 0 Å². The van der Waals surface area contributed by atoms with E-state index in [0.717, 1.165) is 36.1 Å². The Morgan fingerprint density at radius 2 is 1.57 bits per heavy atom. The summed E-state index contributed by atoms with van der Waals surface area (Å²) in [6.07, 6.45) is -3.02. The van der Waals surface area contributed by atoms with Crippen LogP contribution in [0.15, 0.2) is 48.5 Å². The molecule has 0 amide bonds. The van der Waals surface area contributed by atoms with Gasteiger partial charge >= 0.3 is 6.18 Å². The molecule has 1 saturated carbocycles. The minimum atomic E-state index is -4.35. The Hall–Kier alpha value is -1.81. The van der Waals surface area contributed by atoms with Gasteiger partial charge in [0, 0.05) is 0 Å². The molecule has 1 N–H and O–H groups in total. The molecule has 1 atom stereocenters. The van der Waals surface area contributed by atoms with Gasteiger partial charge in [-0.3, -0.25) is 0 Å². The van der Waals surface area contributed by atoms with Crippen molar-refractivity contribution in [2.75, 3.05) is 0 Å². The van der Waals surface area contributed by atoms with Crippen molar-refractivity contribution in [2.45, 2.75) is 31.0 Å². The Morgan fingerprint density at radius 3 is 2.14 bits per heavy atom. The monoisotopic (exact) mass is 292 g/mol. The average molecular weight is 292 g/mol. The van der Waals surface area contributed by atoms with E-state index < -0.39 is 17.8 Å². The molecule has 1 unspecified atom stereocenters. The summed E-state index contributed by atoms with van der Waals surface area (Å²) in [5.41, 5.74) is 1.68. The fraction of sp³-hybridized carbons (Fsp3) is 0.294. The predicted octanol–water partition coefficient (Wildman–Crippen LogP) is 4.66. The van der Waals surface area contributed by atoms with Crippen molar-refractivity contribution in [1.29, 1.82) is 0 Å². The average Bonchev–Trinajstić information content (AvgIpc) is 3.30. The minimum absolute atomic E-state index is 0.477. The summed E-state index contributed by atoms with van der Waals surface area (Å²) in [4.78, 5) is 0. The highest BCUT2D eigenvalue weighted by Crippen LogP contribution is 2.43. The predicted molar refractivity (Wildman–Crippen MR) is 73.9 cm³/mol. The second-order valence-electron chi connectivity index (χ2n) is 5.43. The van der Waals surface area contributed by atoms with Crippen molar-refractivity contribution in [3.8, 4) is 0 Å². The first-order valence-corrected chi connectivity index (χ1v) is 6.91. The molecule has 0 aromatic heterocycles. The first-order valence-electron chi connectivity index (χ1n) is 6.91. The molecule has 4 heteroatoms. The van der Waals surface area contributed by atoms with E-state index in [4.69, 9.17) is 0 Å². The lowest BCUT2D eigenvalue weighted by Gasteiger charge is -2.16. The number of aliphatic hydroxyl groups excluding tert-OH is 1. The van der Waals surface area contributed by atoms with Crippen molar-refractivity contribution in [2.24, 2.45) is 0 Å². The molecule has 1 aliphatic carbocycles. The van der Waals surface area contributed by atoms with E-state index in [9.17, 15) is 18.3 Å². The maximum absolute atomic E-state index is 12.6. The van der Waals surface area contributed by atoms with E-state index >= 15 is 0 Å². The highest BCUT2D eigenvalue weighted by atomic mass is 19.4. The zero-order valence-electron chi connectivity index (χ0n) is 11.3. The largest absolute Gasteiger partial charge is 0.416 e.